The van der Waals surface area contributed by atoms with Crippen LogP contribution in [0.2, 0.25) is 0 Å². The lowest BCUT2D eigenvalue weighted by Gasteiger charge is -2.23. The van der Waals surface area contributed by atoms with Gasteiger partial charge in [-0.3, -0.25) is 0 Å². The van der Waals surface area contributed by atoms with Crippen LogP contribution in [0.5, 0.6) is 0 Å². The fourth-order valence-electron chi connectivity index (χ4n) is 2.73. The zero-order chi connectivity index (χ0) is 12.5. The van der Waals surface area contributed by atoms with E-state index in [2.05, 4.69) is 15.9 Å². The molecule has 0 unspecified atom stereocenters. The van der Waals surface area contributed by atoms with Crippen LogP contribution in [0.3, 0.4) is 0 Å². The lowest BCUT2D eigenvalue weighted by Crippen LogP contribution is -2.11. The highest BCUT2D eigenvalue weighted by Gasteiger charge is 2.18. The number of carboxylic acids is 1. The largest absolute Gasteiger partial charge is 0.478 e. The number of hydrogen-bond acceptors (Lipinski definition) is 2. The van der Waals surface area contributed by atoms with Gasteiger partial charge in [-0.2, -0.15) is 0 Å². The molecule has 1 saturated carbocycles. The third kappa shape index (κ3) is 1.88. The van der Waals surface area contributed by atoms with E-state index in [-0.39, 0.29) is 5.56 Å². The summed E-state index contributed by atoms with van der Waals surface area (Å²) in [6.45, 7) is 0. The van der Waals surface area contributed by atoms with E-state index >= 15 is 0 Å². The SMILES string of the molecule is O=C(O)c1ccc2c(c1)n[c]n2C1CCCCC1. The number of aromatic nitrogens is 2. The van der Waals surface area contributed by atoms with Crippen LogP contribution < -0.4 is 0 Å². The van der Waals surface area contributed by atoms with Crippen LogP contribution in [0.15, 0.2) is 18.2 Å². The van der Waals surface area contributed by atoms with Crippen LogP contribution in [0, 0.1) is 6.33 Å². The molecule has 1 N–H and O–H groups in total. The van der Waals surface area contributed by atoms with Crippen molar-refractivity contribution in [3.8, 4) is 0 Å². The Bertz CT molecular complexity index is 582. The van der Waals surface area contributed by atoms with Gasteiger partial charge >= 0.3 is 5.97 Å². The van der Waals surface area contributed by atoms with Gasteiger partial charge in [0.05, 0.1) is 16.6 Å². The van der Waals surface area contributed by atoms with Gasteiger partial charge < -0.3 is 9.67 Å². The molecule has 18 heavy (non-hydrogen) atoms. The average molecular weight is 243 g/mol. The molecule has 0 aliphatic heterocycles. The first-order valence-corrected chi connectivity index (χ1v) is 6.38. The molecule has 0 saturated heterocycles. The van der Waals surface area contributed by atoms with Crippen LogP contribution in [0.25, 0.3) is 11.0 Å². The zero-order valence-electron chi connectivity index (χ0n) is 10.1. The molecule has 0 spiro atoms. The van der Waals surface area contributed by atoms with Crippen LogP contribution in [-0.4, -0.2) is 20.6 Å². The van der Waals surface area contributed by atoms with Crippen molar-refractivity contribution in [1.82, 2.24) is 9.55 Å². The second-order valence-electron chi connectivity index (χ2n) is 4.88. The first-order valence-electron chi connectivity index (χ1n) is 6.38. The van der Waals surface area contributed by atoms with Crippen molar-refractivity contribution in [2.75, 3.05) is 0 Å². The first kappa shape index (κ1) is 11.3. The normalized spacial score (nSPS) is 17.1. The van der Waals surface area contributed by atoms with Crippen LogP contribution >= 0.6 is 0 Å². The maximum Gasteiger partial charge on any atom is 0.335 e. The number of nitrogens with zero attached hydrogens (tertiary/aromatic N) is 2. The summed E-state index contributed by atoms with van der Waals surface area (Å²) in [5.74, 6) is -0.913. The minimum Gasteiger partial charge on any atom is -0.478 e. The van der Waals surface area contributed by atoms with Gasteiger partial charge in [-0.1, -0.05) is 19.3 Å². The van der Waals surface area contributed by atoms with Crippen molar-refractivity contribution >= 4 is 17.0 Å². The monoisotopic (exact) mass is 243 g/mol. The topological polar surface area (TPSA) is 55.1 Å². The fourth-order valence-corrected chi connectivity index (χ4v) is 2.73. The number of aromatic carboxylic acids is 1. The Morgan fingerprint density at radius 1 is 1.33 bits per heavy atom. The van der Waals surface area contributed by atoms with E-state index in [0.717, 1.165) is 11.0 Å². The molecule has 1 radical (unpaired) electrons. The highest BCUT2D eigenvalue weighted by Crippen LogP contribution is 2.30. The van der Waals surface area contributed by atoms with Gasteiger partial charge in [-0.15, -0.1) is 0 Å². The van der Waals surface area contributed by atoms with E-state index < -0.39 is 5.97 Å². The Hall–Kier alpha value is -1.84. The van der Waals surface area contributed by atoms with Crippen molar-refractivity contribution in [3.05, 3.63) is 30.1 Å². The second kappa shape index (κ2) is 4.44. The Morgan fingerprint density at radius 3 is 2.83 bits per heavy atom. The predicted octanol–water partition coefficient (Wildman–Crippen LogP) is 3.04. The summed E-state index contributed by atoms with van der Waals surface area (Å²) in [5, 5.41) is 8.96. The summed E-state index contributed by atoms with van der Waals surface area (Å²) in [6.07, 6.45) is 9.18. The molecule has 1 aromatic carbocycles. The van der Waals surface area contributed by atoms with E-state index in [1.165, 1.54) is 32.1 Å². The van der Waals surface area contributed by atoms with Gasteiger partial charge in [0.25, 0.3) is 0 Å². The Morgan fingerprint density at radius 2 is 2.11 bits per heavy atom. The van der Waals surface area contributed by atoms with Crippen molar-refractivity contribution < 1.29 is 9.90 Å². The van der Waals surface area contributed by atoms with Gasteiger partial charge in [-0.25, -0.2) is 9.78 Å². The number of benzene rings is 1. The van der Waals surface area contributed by atoms with Gasteiger partial charge in [-0.05, 0) is 31.0 Å². The minimum atomic E-state index is -0.913. The molecule has 1 fully saturated rings. The van der Waals surface area contributed by atoms with Crippen molar-refractivity contribution in [2.45, 2.75) is 38.1 Å². The lowest BCUT2D eigenvalue weighted by atomic mass is 9.95. The standard InChI is InChI=1S/C14H15N2O2/c17-14(18)10-6-7-13-12(8-10)15-9-16(13)11-4-2-1-3-5-11/h6-8,11H,1-5H2,(H,17,18). The summed E-state index contributed by atoms with van der Waals surface area (Å²) >= 11 is 0. The summed E-state index contributed by atoms with van der Waals surface area (Å²) in [5.41, 5.74) is 2.00. The second-order valence-corrected chi connectivity index (χ2v) is 4.88. The van der Waals surface area contributed by atoms with Gasteiger partial charge in [0.1, 0.15) is 0 Å². The number of imidazole rings is 1. The highest BCUT2D eigenvalue weighted by atomic mass is 16.4. The van der Waals surface area contributed by atoms with Crippen molar-refractivity contribution in [2.24, 2.45) is 0 Å². The maximum atomic E-state index is 10.9. The van der Waals surface area contributed by atoms with Crippen LogP contribution in [-0.2, 0) is 0 Å². The van der Waals surface area contributed by atoms with Crippen LogP contribution in [0.1, 0.15) is 48.5 Å². The number of carboxylic acid groups (broad SMARTS) is 1. The molecule has 93 valence electrons. The first-order chi connectivity index (χ1) is 8.75. The summed E-state index contributed by atoms with van der Waals surface area (Å²) < 4.78 is 2.08. The fraction of sp³-hybridized carbons (Fsp3) is 0.429. The highest BCUT2D eigenvalue weighted by molar-refractivity contribution is 5.92. The van der Waals surface area contributed by atoms with E-state index in [1.807, 2.05) is 6.07 Å². The molecule has 1 heterocycles. The summed E-state index contributed by atoms with van der Waals surface area (Å²) in [7, 11) is 0. The molecule has 2 aromatic rings. The molecular weight excluding hydrogens is 228 g/mol. The smallest absolute Gasteiger partial charge is 0.335 e. The van der Waals surface area contributed by atoms with Gasteiger partial charge in [0.15, 0.2) is 6.33 Å². The van der Waals surface area contributed by atoms with Crippen molar-refractivity contribution in [1.29, 1.82) is 0 Å². The zero-order valence-corrected chi connectivity index (χ0v) is 10.1. The third-order valence-electron chi connectivity index (χ3n) is 3.70. The molecule has 1 aliphatic rings. The van der Waals surface area contributed by atoms with Crippen LogP contribution in [0.4, 0.5) is 0 Å². The maximum absolute atomic E-state index is 10.9. The molecule has 0 atom stereocenters. The number of hydrogen-bond donors (Lipinski definition) is 1. The Balaban J connectivity index is 2.01. The van der Waals surface area contributed by atoms with Crippen molar-refractivity contribution in [3.63, 3.8) is 0 Å². The Kier molecular flexibility index (Phi) is 2.78. The number of carbonyl (C=O) groups is 1. The minimum absolute atomic E-state index is 0.282. The molecule has 3 rings (SSSR count). The molecule has 0 bridgehead atoms. The van der Waals surface area contributed by atoms with E-state index in [9.17, 15) is 4.79 Å². The van der Waals surface area contributed by atoms with E-state index in [0.29, 0.717) is 6.04 Å². The van der Waals surface area contributed by atoms with Gasteiger partial charge in [0.2, 0.25) is 0 Å². The summed E-state index contributed by atoms with van der Waals surface area (Å²) in [6, 6.07) is 5.57. The molecule has 1 aliphatic carbocycles. The number of fused-ring (bicyclic) bond motifs is 1. The quantitative estimate of drug-likeness (QED) is 0.882. The lowest BCUT2D eigenvalue weighted by molar-refractivity contribution is 0.0697. The van der Waals surface area contributed by atoms with E-state index in [4.69, 9.17) is 5.11 Å². The molecule has 0 amide bonds. The Labute approximate surface area is 105 Å². The molecule has 4 nitrogen and oxygen atoms in total. The number of rotatable bonds is 2. The van der Waals surface area contributed by atoms with E-state index in [1.54, 1.807) is 12.1 Å². The third-order valence-corrected chi connectivity index (χ3v) is 3.70. The predicted molar refractivity (Wildman–Crippen MR) is 67.7 cm³/mol. The summed E-state index contributed by atoms with van der Waals surface area (Å²) in [4.78, 5) is 15.1. The average Bonchev–Trinajstić information content (AvgIpc) is 2.82. The molecule has 4 heteroatoms. The van der Waals surface area contributed by atoms with Gasteiger partial charge in [0, 0.05) is 6.04 Å². The molecular formula is C14H15N2O2. The molecule has 1 aromatic heterocycles.